The number of carbonyl (C=O) groups excluding carboxylic acids is 3. The second-order valence-corrected chi connectivity index (χ2v) is 11.0. The van der Waals surface area contributed by atoms with E-state index in [1.807, 2.05) is 37.3 Å². The van der Waals surface area contributed by atoms with Gasteiger partial charge >= 0.3 is 6.03 Å². The van der Waals surface area contributed by atoms with Crippen molar-refractivity contribution in [2.45, 2.75) is 38.8 Å². The van der Waals surface area contributed by atoms with Gasteiger partial charge in [-0.25, -0.2) is 4.79 Å². The minimum atomic E-state index is -0.469. The van der Waals surface area contributed by atoms with Crippen LogP contribution in [0.3, 0.4) is 0 Å². The molecule has 0 spiro atoms. The number of ether oxygens (including phenoxy) is 2. The molecule has 43 heavy (non-hydrogen) atoms. The fourth-order valence-corrected chi connectivity index (χ4v) is 4.96. The molecular weight excluding hydrogens is 548 g/mol. The van der Waals surface area contributed by atoms with Crippen molar-refractivity contribution >= 4 is 29.2 Å². The van der Waals surface area contributed by atoms with Gasteiger partial charge in [-0.3, -0.25) is 9.59 Å². The molecular formula is C33H40N4O6. The molecule has 3 atom stereocenters. The van der Waals surface area contributed by atoms with E-state index in [1.165, 1.54) is 0 Å². The molecule has 0 unspecified atom stereocenters. The van der Waals surface area contributed by atoms with E-state index in [1.54, 1.807) is 73.3 Å². The topological polar surface area (TPSA) is 120 Å². The normalized spacial score (nSPS) is 17.3. The Bertz CT molecular complexity index is 1400. The first-order valence-electron chi connectivity index (χ1n) is 14.4. The van der Waals surface area contributed by atoms with E-state index in [4.69, 9.17) is 9.47 Å². The van der Waals surface area contributed by atoms with Gasteiger partial charge in [0.25, 0.3) is 0 Å². The van der Waals surface area contributed by atoms with E-state index in [0.29, 0.717) is 35.0 Å². The Balaban J connectivity index is 1.54. The average molecular weight is 589 g/mol. The van der Waals surface area contributed by atoms with Crippen molar-refractivity contribution in [3.05, 3.63) is 83.9 Å². The van der Waals surface area contributed by atoms with E-state index >= 15 is 0 Å². The second kappa shape index (κ2) is 14.6. The number of benzene rings is 3. The smallest absolute Gasteiger partial charge is 0.321 e. The first kappa shape index (κ1) is 31.4. The molecule has 0 saturated heterocycles. The zero-order chi connectivity index (χ0) is 30.9. The lowest BCUT2D eigenvalue weighted by Crippen LogP contribution is -2.48. The second-order valence-electron chi connectivity index (χ2n) is 11.0. The molecule has 1 heterocycles. The number of aliphatic hydroxyl groups excluding tert-OH is 1. The van der Waals surface area contributed by atoms with Crippen molar-refractivity contribution in [1.29, 1.82) is 0 Å². The molecule has 228 valence electrons. The number of hydrogen-bond acceptors (Lipinski definition) is 6. The quantitative estimate of drug-likeness (QED) is 0.345. The average Bonchev–Trinajstić information content (AvgIpc) is 3.04. The molecule has 3 aromatic carbocycles. The van der Waals surface area contributed by atoms with Gasteiger partial charge in [-0.05, 0) is 55.0 Å². The molecule has 0 radical (unpaired) electrons. The Labute approximate surface area is 252 Å². The number of nitrogens with zero attached hydrogens (tertiary/aromatic N) is 2. The summed E-state index contributed by atoms with van der Waals surface area (Å²) in [5.41, 5.74) is 2.69. The van der Waals surface area contributed by atoms with Gasteiger partial charge in [0.2, 0.25) is 11.8 Å². The minimum absolute atomic E-state index is 0.0370. The number of hydrogen-bond donors (Lipinski definition) is 3. The van der Waals surface area contributed by atoms with Crippen LogP contribution in [0, 0.1) is 5.92 Å². The third-order valence-corrected chi connectivity index (χ3v) is 7.55. The zero-order valence-corrected chi connectivity index (χ0v) is 25.1. The van der Waals surface area contributed by atoms with Crippen molar-refractivity contribution in [2.75, 3.05) is 44.5 Å². The number of methoxy groups -OCH3 is 1. The largest absolute Gasteiger partial charge is 0.497 e. The van der Waals surface area contributed by atoms with Crippen LogP contribution in [0.1, 0.15) is 25.0 Å². The Morgan fingerprint density at radius 1 is 1.07 bits per heavy atom. The molecule has 0 saturated carbocycles. The van der Waals surface area contributed by atoms with E-state index in [9.17, 15) is 19.5 Å². The lowest BCUT2D eigenvalue weighted by molar-refractivity contribution is -0.134. The summed E-state index contributed by atoms with van der Waals surface area (Å²) in [6.07, 6.45) is -0.210. The van der Waals surface area contributed by atoms with Crippen molar-refractivity contribution in [2.24, 2.45) is 5.92 Å². The number of urea groups is 1. The molecule has 0 aliphatic carbocycles. The first-order chi connectivity index (χ1) is 20.7. The predicted molar refractivity (Wildman–Crippen MR) is 165 cm³/mol. The Kier molecular flexibility index (Phi) is 10.6. The molecule has 10 nitrogen and oxygen atoms in total. The van der Waals surface area contributed by atoms with Crippen molar-refractivity contribution < 1.29 is 29.0 Å². The van der Waals surface area contributed by atoms with Gasteiger partial charge in [0.15, 0.2) is 0 Å². The molecule has 4 rings (SSSR count). The summed E-state index contributed by atoms with van der Waals surface area (Å²) in [5.74, 6) is 0.692. The molecule has 1 aliphatic heterocycles. The van der Waals surface area contributed by atoms with Crippen LogP contribution in [-0.2, 0) is 22.4 Å². The van der Waals surface area contributed by atoms with Gasteiger partial charge in [0.05, 0.1) is 39.1 Å². The van der Waals surface area contributed by atoms with E-state index in [-0.39, 0.29) is 49.8 Å². The van der Waals surface area contributed by atoms with Gasteiger partial charge < -0.3 is 35.0 Å². The van der Waals surface area contributed by atoms with Crippen LogP contribution in [0.15, 0.2) is 72.8 Å². The highest BCUT2D eigenvalue weighted by Gasteiger charge is 2.32. The van der Waals surface area contributed by atoms with Crippen molar-refractivity contribution in [3.8, 4) is 11.5 Å². The van der Waals surface area contributed by atoms with Gasteiger partial charge in [0.1, 0.15) is 17.6 Å². The number of fused-ring (bicyclic) bond motifs is 1. The maximum Gasteiger partial charge on any atom is 0.321 e. The molecule has 3 N–H and O–H groups in total. The number of anilines is 2. The summed E-state index contributed by atoms with van der Waals surface area (Å²) in [5, 5.41) is 15.7. The zero-order valence-electron chi connectivity index (χ0n) is 25.1. The van der Waals surface area contributed by atoms with Gasteiger partial charge in [-0.2, -0.15) is 0 Å². The number of likely N-dealkylation sites (N-methyl/N-ethyl adjacent to an activating group) is 1. The maximum atomic E-state index is 13.5. The van der Waals surface area contributed by atoms with Crippen LogP contribution in [0.4, 0.5) is 16.2 Å². The Hall–Kier alpha value is -4.57. The van der Waals surface area contributed by atoms with E-state index in [2.05, 4.69) is 10.6 Å². The van der Waals surface area contributed by atoms with Gasteiger partial charge in [-0.15, -0.1) is 0 Å². The molecule has 4 amide bonds. The fraction of sp³-hybridized carbons (Fsp3) is 0.364. The molecule has 10 heteroatoms. The summed E-state index contributed by atoms with van der Waals surface area (Å²) < 4.78 is 11.7. The third kappa shape index (κ3) is 8.48. The molecule has 0 bridgehead atoms. The minimum Gasteiger partial charge on any atom is -0.497 e. The third-order valence-electron chi connectivity index (χ3n) is 7.55. The predicted octanol–water partition coefficient (Wildman–Crippen LogP) is 4.19. The summed E-state index contributed by atoms with van der Waals surface area (Å²) in [6, 6.07) is 21.1. The number of rotatable bonds is 9. The molecule has 0 aromatic heterocycles. The number of nitrogens with one attached hydrogen (secondary N) is 2. The van der Waals surface area contributed by atoms with E-state index in [0.717, 1.165) is 5.56 Å². The first-order valence-corrected chi connectivity index (χ1v) is 14.4. The van der Waals surface area contributed by atoms with Gasteiger partial charge in [-0.1, -0.05) is 37.3 Å². The van der Waals surface area contributed by atoms with Crippen LogP contribution in [0.2, 0.25) is 0 Å². The maximum absolute atomic E-state index is 13.5. The summed E-state index contributed by atoms with van der Waals surface area (Å²) in [6.45, 7) is 4.17. The summed E-state index contributed by atoms with van der Waals surface area (Å²) in [7, 11) is 3.27. The van der Waals surface area contributed by atoms with Crippen LogP contribution < -0.4 is 20.1 Å². The summed E-state index contributed by atoms with van der Waals surface area (Å²) >= 11 is 0. The number of amides is 4. The highest BCUT2D eigenvalue weighted by molar-refractivity contribution is 5.93. The Morgan fingerprint density at radius 2 is 1.77 bits per heavy atom. The molecule has 3 aromatic rings. The monoisotopic (exact) mass is 588 g/mol. The van der Waals surface area contributed by atoms with Crippen LogP contribution in [0.25, 0.3) is 0 Å². The SMILES string of the molecule is COc1ccc(NC(=O)N(C)C[C@@H]2Oc3ccc(NC(=O)Cc4ccccc4)cc3CC(=O)N([C@@H](C)CO)C[C@@H]2C)cc1. The lowest BCUT2D eigenvalue weighted by Gasteiger charge is -2.34. The molecule has 1 aliphatic rings. The van der Waals surface area contributed by atoms with Crippen LogP contribution in [-0.4, -0.2) is 78.8 Å². The van der Waals surface area contributed by atoms with Crippen molar-refractivity contribution in [1.82, 2.24) is 9.80 Å². The van der Waals surface area contributed by atoms with Crippen LogP contribution in [0.5, 0.6) is 11.5 Å². The molecule has 0 fully saturated rings. The van der Waals surface area contributed by atoms with Crippen LogP contribution >= 0.6 is 0 Å². The summed E-state index contributed by atoms with van der Waals surface area (Å²) in [4.78, 5) is 42.5. The fourth-order valence-electron chi connectivity index (χ4n) is 4.96. The number of carbonyl (C=O) groups is 3. The number of aliphatic hydroxyl groups is 1. The highest BCUT2D eigenvalue weighted by atomic mass is 16.5. The Morgan fingerprint density at radius 3 is 2.44 bits per heavy atom. The standard InChI is InChI=1S/C33H40N4O6/c1-22-19-37(23(2)21-38)32(40)18-25-17-27(34-31(39)16-24-8-6-5-7-9-24)12-15-29(25)43-30(22)20-36(3)33(41)35-26-10-13-28(42-4)14-11-26/h5-15,17,22-23,30,38H,16,18-21H2,1-4H3,(H,34,39)(H,35,41)/t22-,23-,30-/m0/s1. The van der Waals surface area contributed by atoms with Crippen molar-refractivity contribution in [3.63, 3.8) is 0 Å². The lowest BCUT2D eigenvalue weighted by atomic mass is 10.0. The highest BCUT2D eigenvalue weighted by Crippen LogP contribution is 2.29. The van der Waals surface area contributed by atoms with E-state index < -0.39 is 12.1 Å². The van der Waals surface area contributed by atoms with Gasteiger partial charge in [0, 0.05) is 36.4 Å².